The second-order valence-corrected chi connectivity index (χ2v) is 7.75. The number of hydrogen-bond acceptors (Lipinski definition) is 2. The fourth-order valence-electron chi connectivity index (χ4n) is 3.77. The van der Waals surface area contributed by atoms with Crippen LogP contribution in [0.15, 0.2) is 33.2 Å². The van der Waals surface area contributed by atoms with Crippen LogP contribution in [0.1, 0.15) is 51.8 Å². The van der Waals surface area contributed by atoms with Gasteiger partial charge in [-0.3, -0.25) is 0 Å². The molecule has 0 amide bonds. The summed E-state index contributed by atoms with van der Waals surface area (Å²) >= 11 is 3.51. The van der Waals surface area contributed by atoms with Crippen LogP contribution in [0.25, 0.3) is 11.0 Å². The maximum absolute atomic E-state index is 6.00. The van der Waals surface area contributed by atoms with E-state index >= 15 is 0 Å². The second-order valence-electron chi connectivity index (χ2n) is 6.83. The second kappa shape index (κ2) is 6.13. The molecule has 2 nitrogen and oxygen atoms in total. The Balaban J connectivity index is 1.72. The Kier molecular flexibility index (Phi) is 4.41. The van der Waals surface area contributed by atoms with Crippen molar-refractivity contribution >= 4 is 26.9 Å². The molecule has 2 aromatic rings. The van der Waals surface area contributed by atoms with Crippen LogP contribution >= 0.6 is 15.9 Å². The van der Waals surface area contributed by atoms with Gasteiger partial charge in [0, 0.05) is 15.9 Å². The largest absolute Gasteiger partial charge is 0.459 e. The van der Waals surface area contributed by atoms with Gasteiger partial charge < -0.3 is 9.73 Å². The maximum Gasteiger partial charge on any atom is 0.134 e. The van der Waals surface area contributed by atoms with Crippen LogP contribution in [0, 0.1) is 11.8 Å². The number of halogens is 1. The minimum Gasteiger partial charge on any atom is -0.459 e. The molecule has 0 saturated heterocycles. The molecule has 1 aromatic heterocycles. The molecule has 3 atom stereocenters. The van der Waals surface area contributed by atoms with Gasteiger partial charge in [-0.15, -0.1) is 0 Å². The lowest BCUT2D eigenvalue weighted by Crippen LogP contribution is -2.37. The molecule has 3 rings (SSSR count). The summed E-state index contributed by atoms with van der Waals surface area (Å²) in [4.78, 5) is 0. The molecule has 1 aromatic carbocycles. The lowest BCUT2D eigenvalue weighted by molar-refractivity contribution is 0.223. The van der Waals surface area contributed by atoms with Crippen molar-refractivity contribution in [1.29, 1.82) is 0 Å². The maximum atomic E-state index is 6.00. The van der Waals surface area contributed by atoms with Gasteiger partial charge in [0.1, 0.15) is 11.3 Å². The molecule has 114 valence electrons. The van der Waals surface area contributed by atoms with Crippen molar-refractivity contribution in [2.45, 2.75) is 52.1 Å². The van der Waals surface area contributed by atoms with E-state index < -0.39 is 0 Å². The Bertz CT molecular complexity index is 611. The summed E-state index contributed by atoms with van der Waals surface area (Å²) in [5.41, 5.74) is 0.965. The van der Waals surface area contributed by atoms with Crippen molar-refractivity contribution < 1.29 is 4.42 Å². The molecule has 1 fully saturated rings. The van der Waals surface area contributed by atoms with E-state index in [0.29, 0.717) is 6.04 Å². The molecular weight excluding hydrogens is 326 g/mol. The Morgan fingerprint density at radius 3 is 2.57 bits per heavy atom. The van der Waals surface area contributed by atoms with Crippen LogP contribution in [0.5, 0.6) is 0 Å². The smallest absolute Gasteiger partial charge is 0.134 e. The van der Waals surface area contributed by atoms with Crippen molar-refractivity contribution in [1.82, 2.24) is 5.32 Å². The predicted molar refractivity (Wildman–Crippen MR) is 91.4 cm³/mol. The molecule has 1 heterocycles. The van der Waals surface area contributed by atoms with E-state index in [1.54, 1.807) is 0 Å². The molecule has 0 bridgehead atoms. The summed E-state index contributed by atoms with van der Waals surface area (Å²) in [7, 11) is 0. The molecule has 1 aliphatic rings. The Labute approximate surface area is 135 Å². The molecule has 0 spiro atoms. The van der Waals surface area contributed by atoms with E-state index in [4.69, 9.17) is 4.42 Å². The summed E-state index contributed by atoms with van der Waals surface area (Å²) in [6, 6.07) is 9.20. The normalized spacial score (nSPS) is 27.9. The first-order valence-corrected chi connectivity index (χ1v) is 8.75. The van der Waals surface area contributed by atoms with Gasteiger partial charge in [-0.2, -0.15) is 0 Å². The summed E-state index contributed by atoms with van der Waals surface area (Å²) in [6.07, 6.45) is 3.92. The van der Waals surface area contributed by atoms with Gasteiger partial charge in [-0.05, 0) is 62.3 Å². The molecule has 3 heteroatoms. The lowest BCUT2D eigenvalue weighted by atomic mass is 9.80. The minimum absolute atomic E-state index is 0.263. The van der Waals surface area contributed by atoms with E-state index in [1.807, 2.05) is 12.1 Å². The van der Waals surface area contributed by atoms with Gasteiger partial charge in [0.05, 0.1) is 6.04 Å². The monoisotopic (exact) mass is 349 g/mol. The molecular formula is C18H24BrNO. The number of fused-ring (bicyclic) bond motifs is 1. The van der Waals surface area contributed by atoms with Crippen molar-refractivity contribution in [2.75, 3.05) is 0 Å². The van der Waals surface area contributed by atoms with E-state index in [0.717, 1.165) is 27.7 Å². The fraction of sp³-hybridized carbons (Fsp3) is 0.556. The zero-order valence-corrected chi connectivity index (χ0v) is 14.6. The minimum atomic E-state index is 0.263. The summed E-state index contributed by atoms with van der Waals surface area (Å²) < 4.78 is 7.09. The van der Waals surface area contributed by atoms with Gasteiger partial charge in [-0.25, -0.2) is 0 Å². The summed E-state index contributed by atoms with van der Waals surface area (Å²) in [5, 5.41) is 4.93. The number of rotatable bonds is 3. The van der Waals surface area contributed by atoms with Crippen LogP contribution in [-0.2, 0) is 0 Å². The zero-order valence-electron chi connectivity index (χ0n) is 13.0. The Morgan fingerprint density at radius 1 is 1.14 bits per heavy atom. The molecule has 3 unspecified atom stereocenters. The quantitative estimate of drug-likeness (QED) is 0.771. The van der Waals surface area contributed by atoms with Gasteiger partial charge in [0.2, 0.25) is 0 Å². The van der Waals surface area contributed by atoms with Gasteiger partial charge in [-0.1, -0.05) is 29.8 Å². The predicted octanol–water partition coefficient (Wildman–Crippen LogP) is 5.67. The number of nitrogens with one attached hydrogen (secondary N) is 1. The van der Waals surface area contributed by atoms with E-state index in [2.05, 4.69) is 54.2 Å². The highest BCUT2D eigenvalue weighted by molar-refractivity contribution is 9.10. The summed E-state index contributed by atoms with van der Waals surface area (Å²) in [5.74, 6) is 2.68. The van der Waals surface area contributed by atoms with E-state index in [1.165, 1.54) is 24.6 Å². The van der Waals surface area contributed by atoms with Crippen LogP contribution in [0.2, 0.25) is 0 Å². The van der Waals surface area contributed by atoms with Crippen molar-refractivity contribution in [3.8, 4) is 0 Å². The van der Waals surface area contributed by atoms with Crippen LogP contribution in [0.3, 0.4) is 0 Å². The third kappa shape index (κ3) is 3.51. The number of hydrogen-bond donors (Lipinski definition) is 1. The van der Waals surface area contributed by atoms with Crippen LogP contribution in [0.4, 0.5) is 0 Å². The first-order valence-electron chi connectivity index (χ1n) is 7.96. The van der Waals surface area contributed by atoms with Crippen LogP contribution < -0.4 is 5.32 Å². The van der Waals surface area contributed by atoms with Gasteiger partial charge in [0.15, 0.2) is 0 Å². The molecule has 0 radical (unpaired) electrons. The van der Waals surface area contributed by atoms with E-state index in [9.17, 15) is 0 Å². The molecule has 0 aliphatic heterocycles. The van der Waals surface area contributed by atoms with E-state index in [-0.39, 0.29) is 6.04 Å². The first-order chi connectivity index (χ1) is 10.0. The number of furan rings is 1. The highest BCUT2D eigenvalue weighted by Gasteiger charge is 2.25. The van der Waals surface area contributed by atoms with Crippen molar-refractivity contribution in [3.05, 3.63) is 34.5 Å². The third-order valence-electron chi connectivity index (χ3n) is 4.59. The standard InChI is InChI=1S/C18H24BrNO/c1-11-6-12(2)8-16(7-11)20-13(3)18-10-14-9-15(19)4-5-17(14)21-18/h4-5,9-13,16,20H,6-8H2,1-3H3. The highest BCUT2D eigenvalue weighted by Crippen LogP contribution is 2.31. The fourth-order valence-corrected chi connectivity index (χ4v) is 4.15. The third-order valence-corrected chi connectivity index (χ3v) is 5.08. The van der Waals surface area contributed by atoms with Crippen LogP contribution in [-0.4, -0.2) is 6.04 Å². The van der Waals surface area contributed by atoms with Crippen molar-refractivity contribution in [2.24, 2.45) is 11.8 Å². The zero-order chi connectivity index (χ0) is 15.0. The summed E-state index contributed by atoms with van der Waals surface area (Å²) in [6.45, 7) is 6.94. The van der Waals surface area contributed by atoms with Crippen molar-refractivity contribution in [3.63, 3.8) is 0 Å². The van der Waals surface area contributed by atoms with Gasteiger partial charge in [0.25, 0.3) is 0 Å². The Hall–Kier alpha value is -0.800. The molecule has 1 saturated carbocycles. The average molecular weight is 350 g/mol. The highest BCUT2D eigenvalue weighted by atomic mass is 79.9. The number of benzene rings is 1. The molecule has 21 heavy (non-hydrogen) atoms. The average Bonchev–Trinajstić information content (AvgIpc) is 2.80. The Morgan fingerprint density at radius 2 is 1.86 bits per heavy atom. The molecule has 1 aliphatic carbocycles. The SMILES string of the molecule is CC1CC(C)CC(NC(C)c2cc3cc(Br)ccc3o2)C1. The molecule has 1 N–H and O–H groups in total. The topological polar surface area (TPSA) is 25.2 Å². The first kappa shape index (κ1) is 15.1. The van der Waals surface area contributed by atoms with Gasteiger partial charge >= 0.3 is 0 Å². The lowest BCUT2D eigenvalue weighted by Gasteiger charge is -2.33.